The molecule has 0 heterocycles. The van der Waals surface area contributed by atoms with Crippen LogP contribution in [0.4, 0.5) is 0 Å². The van der Waals surface area contributed by atoms with Gasteiger partial charge in [0, 0.05) is 0 Å². The van der Waals surface area contributed by atoms with Crippen molar-refractivity contribution in [3.8, 4) is 0 Å². The van der Waals surface area contributed by atoms with Crippen molar-refractivity contribution >= 4 is 0 Å². The minimum absolute atomic E-state index is 0.846. The van der Waals surface area contributed by atoms with Crippen molar-refractivity contribution in [3.05, 3.63) is 0 Å². The van der Waals surface area contributed by atoms with Crippen molar-refractivity contribution in [1.29, 1.82) is 0 Å². The van der Waals surface area contributed by atoms with Crippen molar-refractivity contribution in [2.45, 2.75) is 47.5 Å². The molecule has 1 N–H and O–H groups in total. The summed E-state index contributed by atoms with van der Waals surface area (Å²) in [5, 5.41) is 3.22. The first-order valence-corrected chi connectivity index (χ1v) is 5.35. The lowest BCUT2D eigenvalue weighted by Crippen LogP contribution is -2.19. The molecule has 0 aromatic heterocycles. The topological polar surface area (TPSA) is 12.0 Å². The summed E-state index contributed by atoms with van der Waals surface area (Å²) in [6, 6.07) is 0. The molecular formula is C11H27N. The summed E-state index contributed by atoms with van der Waals surface area (Å²) in [6.07, 6.45) is 2.66. The first kappa shape index (κ1) is 14.5. The van der Waals surface area contributed by atoms with Crippen LogP contribution in [0.25, 0.3) is 0 Å². The predicted octanol–water partition coefficient (Wildman–Crippen LogP) is 3.30. The highest BCUT2D eigenvalue weighted by Crippen LogP contribution is 2.13. The summed E-state index contributed by atoms with van der Waals surface area (Å²) in [5.74, 6) is 1.73. The van der Waals surface area contributed by atoms with Gasteiger partial charge in [-0.25, -0.2) is 0 Å². The second kappa shape index (κ2) is 11.0. The standard InChI is InChI=1S/C9H21N.C2H6/c1-5-9(7-10-4)6-8(2)3;1-2/h8-10H,5-7H2,1-4H3;1-2H3. The van der Waals surface area contributed by atoms with Crippen molar-refractivity contribution in [2.75, 3.05) is 13.6 Å². The predicted molar refractivity (Wildman–Crippen MR) is 58.5 cm³/mol. The first-order valence-electron chi connectivity index (χ1n) is 5.35. The average molecular weight is 173 g/mol. The minimum Gasteiger partial charge on any atom is -0.319 e. The van der Waals surface area contributed by atoms with Crippen LogP contribution in [0.1, 0.15) is 47.5 Å². The van der Waals surface area contributed by atoms with Crippen molar-refractivity contribution in [1.82, 2.24) is 5.32 Å². The third-order valence-electron chi connectivity index (χ3n) is 1.87. The first-order chi connectivity index (χ1) is 5.70. The lowest BCUT2D eigenvalue weighted by Gasteiger charge is -2.15. The maximum absolute atomic E-state index is 3.22. The fourth-order valence-electron chi connectivity index (χ4n) is 1.35. The normalized spacial score (nSPS) is 12.2. The van der Waals surface area contributed by atoms with Gasteiger partial charge < -0.3 is 5.32 Å². The van der Waals surface area contributed by atoms with Crippen molar-refractivity contribution < 1.29 is 0 Å². The summed E-state index contributed by atoms with van der Waals surface area (Å²) >= 11 is 0. The highest BCUT2D eigenvalue weighted by Gasteiger charge is 2.06. The second-order valence-electron chi connectivity index (χ2n) is 3.46. The molecule has 0 saturated heterocycles. The number of hydrogen-bond donors (Lipinski definition) is 1. The molecule has 1 nitrogen and oxygen atoms in total. The van der Waals surface area contributed by atoms with E-state index in [0.717, 1.165) is 11.8 Å². The van der Waals surface area contributed by atoms with E-state index in [0.29, 0.717) is 0 Å². The number of nitrogens with one attached hydrogen (secondary N) is 1. The van der Waals surface area contributed by atoms with E-state index >= 15 is 0 Å². The van der Waals surface area contributed by atoms with Gasteiger partial charge in [-0.15, -0.1) is 0 Å². The molecule has 0 saturated carbocycles. The molecule has 0 aromatic carbocycles. The highest BCUT2D eigenvalue weighted by atomic mass is 14.8. The maximum atomic E-state index is 3.22. The summed E-state index contributed by atoms with van der Waals surface area (Å²) in [6.45, 7) is 12.0. The largest absolute Gasteiger partial charge is 0.319 e. The molecule has 0 aromatic rings. The van der Waals surface area contributed by atoms with Gasteiger partial charge in [0.25, 0.3) is 0 Å². The molecular weight excluding hydrogens is 146 g/mol. The van der Waals surface area contributed by atoms with Crippen LogP contribution in [-0.2, 0) is 0 Å². The van der Waals surface area contributed by atoms with Gasteiger partial charge in [0.15, 0.2) is 0 Å². The smallest absolute Gasteiger partial charge is 0.00235 e. The molecule has 0 rings (SSSR count). The molecule has 12 heavy (non-hydrogen) atoms. The van der Waals surface area contributed by atoms with Gasteiger partial charge in [0.05, 0.1) is 0 Å². The summed E-state index contributed by atoms with van der Waals surface area (Å²) in [7, 11) is 2.03. The van der Waals surface area contributed by atoms with E-state index in [2.05, 4.69) is 26.1 Å². The van der Waals surface area contributed by atoms with Gasteiger partial charge in [0.1, 0.15) is 0 Å². The Hall–Kier alpha value is -0.0400. The average Bonchev–Trinajstić information content (AvgIpc) is 2.07. The second-order valence-corrected chi connectivity index (χ2v) is 3.46. The molecule has 0 amide bonds. The van der Waals surface area contributed by atoms with Gasteiger partial charge in [-0.1, -0.05) is 41.0 Å². The van der Waals surface area contributed by atoms with E-state index in [1.807, 2.05) is 20.9 Å². The van der Waals surface area contributed by atoms with E-state index in [4.69, 9.17) is 0 Å². The van der Waals surface area contributed by atoms with E-state index in [-0.39, 0.29) is 0 Å². The quantitative estimate of drug-likeness (QED) is 0.672. The Kier molecular flexibility index (Phi) is 13.2. The Morgan fingerprint density at radius 3 is 1.92 bits per heavy atom. The third-order valence-corrected chi connectivity index (χ3v) is 1.87. The zero-order chi connectivity index (χ0) is 9.98. The maximum Gasteiger partial charge on any atom is -0.00235 e. The van der Waals surface area contributed by atoms with Crippen molar-refractivity contribution in [2.24, 2.45) is 11.8 Å². The van der Waals surface area contributed by atoms with Crippen LogP contribution in [-0.4, -0.2) is 13.6 Å². The Morgan fingerprint density at radius 2 is 1.67 bits per heavy atom. The fraction of sp³-hybridized carbons (Fsp3) is 1.00. The van der Waals surface area contributed by atoms with Crippen LogP contribution < -0.4 is 5.32 Å². The van der Waals surface area contributed by atoms with Crippen LogP contribution in [0.5, 0.6) is 0 Å². The number of hydrogen-bond acceptors (Lipinski definition) is 1. The zero-order valence-electron chi connectivity index (χ0n) is 9.78. The minimum atomic E-state index is 0.846. The Balaban J connectivity index is 0. The van der Waals surface area contributed by atoms with Crippen LogP contribution in [0.3, 0.4) is 0 Å². The monoisotopic (exact) mass is 173 g/mol. The lowest BCUT2D eigenvalue weighted by atomic mass is 9.95. The van der Waals surface area contributed by atoms with Crippen molar-refractivity contribution in [3.63, 3.8) is 0 Å². The molecule has 0 aliphatic rings. The molecule has 1 unspecified atom stereocenters. The molecule has 0 spiro atoms. The summed E-state index contributed by atoms with van der Waals surface area (Å²) in [4.78, 5) is 0. The van der Waals surface area contributed by atoms with Gasteiger partial charge in [0.2, 0.25) is 0 Å². The fourth-order valence-corrected chi connectivity index (χ4v) is 1.35. The van der Waals surface area contributed by atoms with E-state index < -0.39 is 0 Å². The zero-order valence-corrected chi connectivity index (χ0v) is 9.78. The lowest BCUT2D eigenvalue weighted by molar-refractivity contribution is 0.387. The highest BCUT2D eigenvalue weighted by molar-refractivity contribution is 4.60. The molecule has 1 heteroatoms. The molecule has 0 aliphatic heterocycles. The Labute approximate surface area is 78.9 Å². The molecule has 0 fully saturated rings. The van der Waals surface area contributed by atoms with Gasteiger partial charge in [-0.05, 0) is 31.8 Å². The van der Waals surface area contributed by atoms with E-state index in [9.17, 15) is 0 Å². The summed E-state index contributed by atoms with van der Waals surface area (Å²) in [5.41, 5.74) is 0. The van der Waals surface area contributed by atoms with E-state index in [1.54, 1.807) is 0 Å². The van der Waals surface area contributed by atoms with Gasteiger partial charge in [-0.2, -0.15) is 0 Å². The van der Waals surface area contributed by atoms with Crippen LogP contribution >= 0.6 is 0 Å². The molecule has 0 radical (unpaired) electrons. The molecule has 0 aliphatic carbocycles. The van der Waals surface area contributed by atoms with Crippen LogP contribution in [0, 0.1) is 11.8 Å². The Bertz CT molecular complexity index is 69.4. The number of rotatable bonds is 5. The third kappa shape index (κ3) is 9.96. The van der Waals surface area contributed by atoms with E-state index in [1.165, 1.54) is 19.4 Å². The Morgan fingerprint density at radius 1 is 1.17 bits per heavy atom. The molecule has 1 atom stereocenters. The molecule has 0 bridgehead atoms. The molecule has 76 valence electrons. The SMILES string of the molecule is CC.CCC(CNC)CC(C)C. The van der Waals surface area contributed by atoms with Gasteiger partial charge >= 0.3 is 0 Å². The summed E-state index contributed by atoms with van der Waals surface area (Å²) < 4.78 is 0. The van der Waals surface area contributed by atoms with Gasteiger partial charge in [-0.3, -0.25) is 0 Å². The van der Waals surface area contributed by atoms with Crippen LogP contribution in [0.2, 0.25) is 0 Å². The van der Waals surface area contributed by atoms with Crippen LogP contribution in [0.15, 0.2) is 0 Å².